The van der Waals surface area contributed by atoms with E-state index in [4.69, 9.17) is 0 Å². The van der Waals surface area contributed by atoms with Crippen molar-refractivity contribution in [2.75, 3.05) is 11.9 Å². The first-order chi connectivity index (χ1) is 8.79. The summed E-state index contributed by atoms with van der Waals surface area (Å²) in [5, 5.41) is 7.15. The molecule has 0 aliphatic heterocycles. The maximum absolute atomic E-state index is 3.63. The third kappa shape index (κ3) is 3.74. The van der Waals surface area contributed by atoms with Gasteiger partial charge in [0.25, 0.3) is 0 Å². The summed E-state index contributed by atoms with van der Waals surface area (Å²) in [4.78, 5) is 0. The highest BCUT2D eigenvalue weighted by Gasteiger charge is 2.14. The number of benzene rings is 1. The zero-order valence-electron chi connectivity index (χ0n) is 11.7. The van der Waals surface area contributed by atoms with E-state index in [2.05, 4.69) is 48.7 Å². The van der Waals surface area contributed by atoms with Crippen LogP contribution in [-0.4, -0.2) is 12.6 Å². The van der Waals surface area contributed by atoms with Gasteiger partial charge in [0.2, 0.25) is 0 Å². The number of rotatable bonds is 6. The fourth-order valence-corrected chi connectivity index (χ4v) is 2.65. The van der Waals surface area contributed by atoms with E-state index in [0.29, 0.717) is 12.1 Å². The van der Waals surface area contributed by atoms with Crippen LogP contribution in [0.2, 0.25) is 0 Å². The Morgan fingerprint density at radius 3 is 2.44 bits per heavy atom. The van der Waals surface area contributed by atoms with Gasteiger partial charge < -0.3 is 10.6 Å². The minimum Gasteiger partial charge on any atom is -0.382 e. The number of hydrogen-bond acceptors (Lipinski definition) is 2. The van der Waals surface area contributed by atoms with Gasteiger partial charge >= 0.3 is 0 Å². The van der Waals surface area contributed by atoms with Crippen molar-refractivity contribution >= 4 is 5.69 Å². The highest BCUT2D eigenvalue weighted by Crippen LogP contribution is 2.23. The summed E-state index contributed by atoms with van der Waals surface area (Å²) in [7, 11) is 0. The molecule has 0 bridgehead atoms. The maximum Gasteiger partial charge on any atom is 0.0342 e. The molecule has 0 saturated heterocycles. The zero-order valence-corrected chi connectivity index (χ0v) is 11.7. The molecule has 1 atom stereocenters. The number of hydrogen-bond donors (Lipinski definition) is 2. The quantitative estimate of drug-likeness (QED) is 0.789. The second-order valence-corrected chi connectivity index (χ2v) is 5.42. The topological polar surface area (TPSA) is 24.1 Å². The summed E-state index contributed by atoms with van der Waals surface area (Å²) in [6, 6.07) is 10.1. The van der Waals surface area contributed by atoms with Gasteiger partial charge in [0, 0.05) is 17.8 Å². The molecule has 2 heteroatoms. The summed E-state index contributed by atoms with van der Waals surface area (Å²) < 4.78 is 0. The summed E-state index contributed by atoms with van der Waals surface area (Å²) in [5.41, 5.74) is 2.65. The largest absolute Gasteiger partial charge is 0.382 e. The predicted octanol–water partition coefficient (Wildman–Crippen LogP) is 4.10. The van der Waals surface area contributed by atoms with Crippen LogP contribution in [0.25, 0.3) is 0 Å². The summed E-state index contributed by atoms with van der Waals surface area (Å²) in [6.07, 6.45) is 6.61. The van der Waals surface area contributed by atoms with Crippen molar-refractivity contribution in [1.29, 1.82) is 0 Å². The van der Waals surface area contributed by atoms with E-state index in [1.165, 1.54) is 43.4 Å². The molecule has 0 amide bonds. The van der Waals surface area contributed by atoms with E-state index in [-0.39, 0.29) is 0 Å². The van der Waals surface area contributed by atoms with E-state index >= 15 is 0 Å². The van der Waals surface area contributed by atoms with E-state index in [9.17, 15) is 0 Å². The average molecular weight is 246 g/mol. The number of anilines is 1. The molecule has 1 unspecified atom stereocenters. The van der Waals surface area contributed by atoms with Crippen LogP contribution in [0, 0.1) is 0 Å². The van der Waals surface area contributed by atoms with E-state index in [1.807, 2.05) is 0 Å². The molecule has 0 spiro atoms. The molecule has 2 N–H and O–H groups in total. The van der Waals surface area contributed by atoms with Gasteiger partial charge in [-0.25, -0.2) is 0 Å². The minimum atomic E-state index is 0.450. The first-order valence-corrected chi connectivity index (χ1v) is 7.39. The van der Waals surface area contributed by atoms with Gasteiger partial charge in [-0.1, -0.05) is 31.9 Å². The van der Waals surface area contributed by atoms with E-state index in [1.54, 1.807) is 0 Å². The van der Waals surface area contributed by atoms with Crippen LogP contribution in [0.1, 0.15) is 57.6 Å². The standard InChI is InChI=1S/C16H26N2/c1-3-12-17-13(2)14-8-10-16(11-9-14)18-15-6-4-5-7-15/h8-11,13,15,17-18H,3-7,12H2,1-2H3. The molecule has 18 heavy (non-hydrogen) atoms. The van der Waals surface area contributed by atoms with E-state index in [0.717, 1.165) is 6.54 Å². The first kappa shape index (κ1) is 13.4. The monoisotopic (exact) mass is 246 g/mol. The van der Waals surface area contributed by atoms with Crippen molar-refractivity contribution in [2.45, 2.75) is 58.0 Å². The lowest BCUT2D eigenvalue weighted by Crippen LogP contribution is -2.19. The van der Waals surface area contributed by atoms with Crippen LogP contribution in [0.4, 0.5) is 5.69 Å². The van der Waals surface area contributed by atoms with Crippen LogP contribution in [0.3, 0.4) is 0 Å². The fraction of sp³-hybridized carbons (Fsp3) is 0.625. The molecule has 0 aromatic heterocycles. The van der Waals surface area contributed by atoms with E-state index < -0.39 is 0 Å². The Morgan fingerprint density at radius 2 is 1.83 bits per heavy atom. The van der Waals surface area contributed by atoms with Gasteiger partial charge in [0.1, 0.15) is 0 Å². The van der Waals surface area contributed by atoms with Crippen LogP contribution in [0.5, 0.6) is 0 Å². The molecule has 100 valence electrons. The van der Waals surface area contributed by atoms with Crippen LogP contribution in [-0.2, 0) is 0 Å². The van der Waals surface area contributed by atoms with Gasteiger partial charge in [-0.05, 0) is 50.4 Å². The molecule has 2 nitrogen and oxygen atoms in total. The van der Waals surface area contributed by atoms with Gasteiger partial charge in [0.05, 0.1) is 0 Å². The lowest BCUT2D eigenvalue weighted by atomic mass is 10.1. The fourth-order valence-electron chi connectivity index (χ4n) is 2.65. The van der Waals surface area contributed by atoms with Crippen LogP contribution < -0.4 is 10.6 Å². The average Bonchev–Trinajstić information content (AvgIpc) is 2.89. The van der Waals surface area contributed by atoms with Crippen molar-refractivity contribution in [2.24, 2.45) is 0 Å². The van der Waals surface area contributed by atoms with Crippen molar-refractivity contribution in [3.63, 3.8) is 0 Å². The molecule has 0 heterocycles. The van der Waals surface area contributed by atoms with Gasteiger partial charge in [-0.15, -0.1) is 0 Å². The van der Waals surface area contributed by atoms with Gasteiger partial charge in [0.15, 0.2) is 0 Å². The Balaban J connectivity index is 1.88. The highest BCUT2D eigenvalue weighted by molar-refractivity contribution is 5.46. The zero-order chi connectivity index (χ0) is 12.8. The Hall–Kier alpha value is -1.02. The van der Waals surface area contributed by atoms with Crippen molar-refractivity contribution in [1.82, 2.24) is 5.32 Å². The first-order valence-electron chi connectivity index (χ1n) is 7.39. The molecule has 1 aliphatic rings. The summed E-state index contributed by atoms with van der Waals surface area (Å²) in [6.45, 7) is 5.52. The summed E-state index contributed by atoms with van der Waals surface area (Å²) >= 11 is 0. The third-order valence-corrected chi connectivity index (χ3v) is 3.84. The molecule has 1 aromatic carbocycles. The van der Waals surface area contributed by atoms with Gasteiger partial charge in [-0.3, -0.25) is 0 Å². The second kappa shape index (κ2) is 6.79. The second-order valence-electron chi connectivity index (χ2n) is 5.42. The van der Waals surface area contributed by atoms with Crippen molar-refractivity contribution in [3.05, 3.63) is 29.8 Å². The molecule has 1 saturated carbocycles. The molecule has 1 aliphatic carbocycles. The van der Waals surface area contributed by atoms with Crippen molar-refractivity contribution in [3.8, 4) is 0 Å². The van der Waals surface area contributed by atoms with Gasteiger partial charge in [-0.2, -0.15) is 0 Å². The normalized spacial score (nSPS) is 17.9. The number of nitrogens with one attached hydrogen (secondary N) is 2. The maximum atomic E-state index is 3.63. The Labute approximate surface area is 111 Å². The third-order valence-electron chi connectivity index (χ3n) is 3.84. The Morgan fingerprint density at radius 1 is 1.17 bits per heavy atom. The molecular weight excluding hydrogens is 220 g/mol. The molecule has 2 rings (SSSR count). The summed E-state index contributed by atoms with van der Waals surface area (Å²) in [5.74, 6) is 0. The highest BCUT2D eigenvalue weighted by atomic mass is 14.9. The molecule has 0 radical (unpaired) electrons. The van der Waals surface area contributed by atoms with Crippen molar-refractivity contribution < 1.29 is 0 Å². The van der Waals surface area contributed by atoms with Crippen LogP contribution >= 0.6 is 0 Å². The minimum absolute atomic E-state index is 0.450. The lowest BCUT2D eigenvalue weighted by molar-refractivity contribution is 0.571. The SMILES string of the molecule is CCCNC(C)c1ccc(NC2CCCC2)cc1. The molecule has 1 fully saturated rings. The smallest absolute Gasteiger partial charge is 0.0342 e. The molecule has 1 aromatic rings. The lowest BCUT2D eigenvalue weighted by Gasteiger charge is -2.16. The van der Waals surface area contributed by atoms with Crippen LogP contribution in [0.15, 0.2) is 24.3 Å². The Bertz CT molecular complexity index is 339. The predicted molar refractivity (Wildman–Crippen MR) is 79.0 cm³/mol. The Kier molecular flexibility index (Phi) is 5.06. The molecular formula is C16H26N2.